The summed E-state index contributed by atoms with van der Waals surface area (Å²) in [6.07, 6.45) is 1.86. The van der Waals surface area contributed by atoms with Crippen molar-refractivity contribution in [3.8, 4) is 0 Å². The number of benzene rings is 1. The van der Waals surface area contributed by atoms with E-state index in [0.717, 1.165) is 6.07 Å². The molecule has 1 aromatic rings. The van der Waals surface area contributed by atoms with Gasteiger partial charge in [0.15, 0.2) is 11.6 Å². The highest BCUT2D eigenvalue weighted by atomic mass is 32.2. The summed E-state index contributed by atoms with van der Waals surface area (Å²) in [5.41, 5.74) is 0.285. The molecule has 4 nitrogen and oxygen atoms in total. The van der Waals surface area contributed by atoms with Gasteiger partial charge in [-0.25, -0.2) is 21.5 Å². The molecule has 118 valence electrons. The lowest BCUT2D eigenvalue weighted by Crippen LogP contribution is -2.49. The molecule has 2 rings (SSSR count). The van der Waals surface area contributed by atoms with Crippen molar-refractivity contribution in [3.05, 3.63) is 35.4 Å². The fraction of sp³-hybridized carbons (Fsp3) is 0.571. The average Bonchev–Trinajstić information content (AvgIpc) is 2.40. The lowest BCUT2D eigenvalue weighted by atomic mass is 9.95. The van der Waals surface area contributed by atoms with Crippen LogP contribution in [0.15, 0.2) is 18.2 Å². The summed E-state index contributed by atoms with van der Waals surface area (Å²) in [5, 5.41) is 3.20. The van der Waals surface area contributed by atoms with Crippen molar-refractivity contribution in [2.75, 3.05) is 19.3 Å². The molecule has 1 fully saturated rings. The first-order valence-electron chi connectivity index (χ1n) is 6.90. The first-order valence-corrected chi connectivity index (χ1v) is 8.75. The molecule has 1 saturated heterocycles. The van der Waals surface area contributed by atoms with Gasteiger partial charge in [-0.1, -0.05) is 19.1 Å². The number of hydrogen-bond acceptors (Lipinski definition) is 3. The summed E-state index contributed by atoms with van der Waals surface area (Å²) in [4.78, 5) is 0. The highest BCUT2D eigenvalue weighted by Crippen LogP contribution is 2.20. The van der Waals surface area contributed by atoms with Crippen molar-refractivity contribution in [3.63, 3.8) is 0 Å². The number of rotatable bonds is 4. The Morgan fingerprint density at radius 3 is 2.71 bits per heavy atom. The second-order valence-electron chi connectivity index (χ2n) is 5.59. The molecule has 0 aliphatic carbocycles. The van der Waals surface area contributed by atoms with Crippen LogP contribution in [-0.4, -0.2) is 38.1 Å². The van der Waals surface area contributed by atoms with E-state index in [2.05, 4.69) is 5.32 Å². The SMILES string of the molecule is CC1CN(S(C)(=O)=O)CCC1NCc1cccc(F)c1F. The molecular weight excluding hydrogens is 298 g/mol. The van der Waals surface area contributed by atoms with Crippen LogP contribution in [0.5, 0.6) is 0 Å². The van der Waals surface area contributed by atoms with Gasteiger partial charge in [-0.3, -0.25) is 0 Å². The largest absolute Gasteiger partial charge is 0.309 e. The van der Waals surface area contributed by atoms with E-state index in [1.165, 1.54) is 16.6 Å². The molecule has 1 aromatic carbocycles. The van der Waals surface area contributed by atoms with Gasteiger partial charge in [-0.2, -0.15) is 0 Å². The molecule has 0 aromatic heterocycles. The maximum Gasteiger partial charge on any atom is 0.211 e. The molecule has 1 N–H and O–H groups in total. The molecule has 2 atom stereocenters. The third-order valence-corrected chi connectivity index (χ3v) is 5.19. The Hall–Kier alpha value is -1.05. The molecule has 0 saturated carbocycles. The third kappa shape index (κ3) is 3.99. The smallest absolute Gasteiger partial charge is 0.211 e. The van der Waals surface area contributed by atoms with Crippen LogP contribution in [0.2, 0.25) is 0 Å². The Labute approximate surface area is 124 Å². The van der Waals surface area contributed by atoms with Gasteiger partial charge in [0, 0.05) is 31.2 Å². The summed E-state index contributed by atoms with van der Waals surface area (Å²) in [5.74, 6) is -1.56. The van der Waals surface area contributed by atoms with Gasteiger partial charge < -0.3 is 5.32 Å². The van der Waals surface area contributed by atoms with Gasteiger partial charge in [-0.05, 0) is 18.4 Å². The predicted molar refractivity (Wildman–Crippen MR) is 77.2 cm³/mol. The van der Waals surface area contributed by atoms with Crippen molar-refractivity contribution in [1.29, 1.82) is 0 Å². The van der Waals surface area contributed by atoms with Gasteiger partial charge in [0.25, 0.3) is 0 Å². The third-order valence-electron chi connectivity index (χ3n) is 3.92. The number of nitrogens with one attached hydrogen (secondary N) is 1. The zero-order chi connectivity index (χ0) is 15.6. The van der Waals surface area contributed by atoms with E-state index in [-0.39, 0.29) is 24.1 Å². The summed E-state index contributed by atoms with van der Waals surface area (Å²) in [6, 6.07) is 4.20. The highest BCUT2D eigenvalue weighted by Gasteiger charge is 2.30. The quantitative estimate of drug-likeness (QED) is 0.920. The Balaban J connectivity index is 1.95. The second kappa shape index (κ2) is 6.37. The van der Waals surface area contributed by atoms with Gasteiger partial charge >= 0.3 is 0 Å². The van der Waals surface area contributed by atoms with Crippen LogP contribution in [0.25, 0.3) is 0 Å². The first kappa shape index (κ1) is 16.3. The summed E-state index contributed by atoms with van der Waals surface area (Å²) >= 11 is 0. The number of nitrogens with zero attached hydrogens (tertiary/aromatic N) is 1. The van der Waals surface area contributed by atoms with Crippen molar-refractivity contribution in [2.24, 2.45) is 5.92 Å². The maximum atomic E-state index is 13.6. The fourth-order valence-electron chi connectivity index (χ4n) is 2.64. The first-order chi connectivity index (χ1) is 9.79. The second-order valence-corrected chi connectivity index (χ2v) is 7.57. The van der Waals surface area contributed by atoms with Crippen LogP contribution in [0.3, 0.4) is 0 Å². The fourth-order valence-corrected chi connectivity index (χ4v) is 3.58. The van der Waals surface area contributed by atoms with Crippen LogP contribution >= 0.6 is 0 Å². The minimum Gasteiger partial charge on any atom is -0.309 e. The molecule has 21 heavy (non-hydrogen) atoms. The van der Waals surface area contributed by atoms with Crippen molar-refractivity contribution in [1.82, 2.24) is 9.62 Å². The molecule has 0 radical (unpaired) electrons. The van der Waals surface area contributed by atoms with Crippen LogP contribution < -0.4 is 5.32 Å². The zero-order valence-electron chi connectivity index (χ0n) is 12.1. The van der Waals surface area contributed by atoms with Crippen LogP contribution in [0.4, 0.5) is 8.78 Å². The summed E-state index contributed by atoms with van der Waals surface area (Å²) < 4.78 is 51.2. The number of sulfonamides is 1. The van der Waals surface area contributed by atoms with E-state index in [0.29, 0.717) is 19.5 Å². The van der Waals surface area contributed by atoms with Crippen LogP contribution in [0.1, 0.15) is 18.9 Å². The Bertz CT molecular complexity index is 607. The highest BCUT2D eigenvalue weighted by molar-refractivity contribution is 7.88. The standard InChI is InChI=1S/C14H20F2N2O2S/c1-10-9-18(21(2,19)20)7-6-13(10)17-8-11-4-3-5-12(15)14(11)16/h3-5,10,13,17H,6-9H2,1-2H3. The predicted octanol–water partition coefficient (Wildman–Crippen LogP) is 1.72. The van der Waals surface area contributed by atoms with E-state index < -0.39 is 21.7 Å². The van der Waals surface area contributed by atoms with Crippen molar-refractivity contribution < 1.29 is 17.2 Å². The summed E-state index contributed by atoms with van der Waals surface area (Å²) in [6.45, 7) is 3.09. The van der Waals surface area contributed by atoms with Crippen LogP contribution in [-0.2, 0) is 16.6 Å². The van der Waals surface area contributed by atoms with E-state index in [1.54, 1.807) is 6.07 Å². The number of hydrogen-bond donors (Lipinski definition) is 1. The van der Waals surface area contributed by atoms with Crippen molar-refractivity contribution >= 4 is 10.0 Å². The van der Waals surface area contributed by atoms with E-state index in [4.69, 9.17) is 0 Å². The number of piperidine rings is 1. The topological polar surface area (TPSA) is 49.4 Å². The minimum atomic E-state index is -3.17. The van der Waals surface area contributed by atoms with Gasteiger partial charge in [0.2, 0.25) is 10.0 Å². The molecule has 1 aliphatic heterocycles. The average molecular weight is 318 g/mol. The Kier molecular flexibility index (Phi) is 4.95. The molecular formula is C14H20F2N2O2S. The molecule has 1 heterocycles. The monoisotopic (exact) mass is 318 g/mol. The Morgan fingerprint density at radius 2 is 2.10 bits per heavy atom. The number of halogens is 2. The maximum absolute atomic E-state index is 13.6. The molecule has 0 amide bonds. The molecule has 2 unspecified atom stereocenters. The normalized spacial score (nSPS) is 24.2. The molecule has 0 bridgehead atoms. The van der Waals surface area contributed by atoms with Crippen LogP contribution in [0, 0.1) is 17.6 Å². The lowest BCUT2D eigenvalue weighted by molar-refractivity contribution is 0.219. The minimum absolute atomic E-state index is 0.0886. The van der Waals surface area contributed by atoms with Gasteiger partial charge in [-0.15, -0.1) is 0 Å². The van der Waals surface area contributed by atoms with Gasteiger partial charge in [0.1, 0.15) is 0 Å². The van der Waals surface area contributed by atoms with E-state index in [9.17, 15) is 17.2 Å². The van der Waals surface area contributed by atoms with E-state index in [1.807, 2.05) is 6.92 Å². The molecule has 1 aliphatic rings. The van der Waals surface area contributed by atoms with E-state index >= 15 is 0 Å². The Morgan fingerprint density at radius 1 is 1.38 bits per heavy atom. The molecule has 7 heteroatoms. The van der Waals surface area contributed by atoms with Gasteiger partial charge in [0.05, 0.1) is 6.26 Å². The van der Waals surface area contributed by atoms with Crippen molar-refractivity contribution in [2.45, 2.75) is 25.9 Å². The molecule has 0 spiro atoms. The zero-order valence-corrected chi connectivity index (χ0v) is 13.0. The summed E-state index contributed by atoms with van der Waals surface area (Å²) in [7, 11) is -3.17. The lowest BCUT2D eigenvalue weighted by Gasteiger charge is -2.36.